The van der Waals surface area contributed by atoms with Crippen molar-refractivity contribution in [3.63, 3.8) is 0 Å². The minimum atomic E-state index is -0.292. The summed E-state index contributed by atoms with van der Waals surface area (Å²) in [6.07, 6.45) is 0. The zero-order valence-corrected chi connectivity index (χ0v) is 11.4. The number of rotatable bonds is 3. The van der Waals surface area contributed by atoms with Crippen LogP contribution in [0.15, 0.2) is 40.9 Å². The Kier molecular flexibility index (Phi) is 3.87. The summed E-state index contributed by atoms with van der Waals surface area (Å²) in [5.74, 6) is 0.524. The molecule has 2 nitrogen and oxygen atoms in total. The van der Waals surface area contributed by atoms with Crippen molar-refractivity contribution >= 4 is 15.9 Å². The molecule has 0 saturated heterocycles. The fourth-order valence-electron chi connectivity index (χ4n) is 1.55. The summed E-state index contributed by atoms with van der Waals surface area (Å²) in [7, 11) is 0. The van der Waals surface area contributed by atoms with Crippen LogP contribution in [-0.4, -0.2) is 5.11 Å². The standard InChI is InChI=1S/C14H12BrFO2/c1-9-13(17)3-2-4-14(9)18-8-10-5-6-11(16)7-12(10)15/h2-7,17H,8H2,1H3. The van der Waals surface area contributed by atoms with Gasteiger partial charge in [0.25, 0.3) is 0 Å². The van der Waals surface area contributed by atoms with Gasteiger partial charge < -0.3 is 9.84 Å². The minimum absolute atomic E-state index is 0.200. The maximum atomic E-state index is 12.9. The third-order valence-corrected chi connectivity index (χ3v) is 3.39. The summed E-state index contributed by atoms with van der Waals surface area (Å²) in [5, 5.41) is 9.55. The largest absolute Gasteiger partial charge is 0.508 e. The lowest BCUT2D eigenvalue weighted by Gasteiger charge is -2.11. The molecule has 0 aliphatic carbocycles. The van der Waals surface area contributed by atoms with E-state index in [0.717, 1.165) is 5.56 Å². The van der Waals surface area contributed by atoms with E-state index < -0.39 is 0 Å². The molecule has 0 heterocycles. The predicted octanol–water partition coefficient (Wildman–Crippen LogP) is 4.18. The van der Waals surface area contributed by atoms with Crippen molar-refractivity contribution in [3.05, 3.63) is 57.8 Å². The molecule has 0 bridgehead atoms. The molecule has 0 amide bonds. The van der Waals surface area contributed by atoms with Crippen LogP contribution in [0.5, 0.6) is 11.5 Å². The van der Waals surface area contributed by atoms with Gasteiger partial charge in [0.05, 0.1) is 0 Å². The quantitative estimate of drug-likeness (QED) is 0.921. The van der Waals surface area contributed by atoms with E-state index in [0.29, 0.717) is 22.4 Å². The Morgan fingerprint density at radius 2 is 2.06 bits per heavy atom. The van der Waals surface area contributed by atoms with Crippen LogP contribution in [0.25, 0.3) is 0 Å². The number of hydrogen-bond acceptors (Lipinski definition) is 2. The maximum absolute atomic E-state index is 12.9. The third-order valence-electron chi connectivity index (χ3n) is 2.65. The molecule has 0 fully saturated rings. The molecule has 0 atom stereocenters. The summed E-state index contributed by atoms with van der Waals surface area (Å²) < 4.78 is 19.2. The van der Waals surface area contributed by atoms with Crippen molar-refractivity contribution in [2.45, 2.75) is 13.5 Å². The number of phenolic OH excluding ortho intramolecular Hbond substituents is 1. The summed E-state index contributed by atoms with van der Waals surface area (Å²) >= 11 is 3.28. The molecule has 18 heavy (non-hydrogen) atoms. The van der Waals surface area contributed by atoms with Crippen LogP contribution >= 0.6 is 15.9 Å². The monoisotopic (exact) mass is 310 g/mol. The van der Waals surface area contributed by atoms with Gasteiger partial charge in [0.1, 0.15) is 23.9 Å². The predicted molar refractivity (Wildman–Crippen MR) is 71.3 cm³/mol. The topological polar surface area (TPSA) is 29.5 Å². The SMILES string of the molecule is Cc1c(O)cccc1OCc1ccc(F)cc1Br. The van der Waals surface area contributed by atoms with E-state index in [1.807, 2.05) is 0 Å². The maximum Gasteiger partial charge on any atom is 0.126 e. The van der Waals surface area contributed by atoms with Crippen molar-refractivity contribution in [2.75, 3.05) is 0 Å². The fourth-order valence-corrected chi connectivity index (χ4v) is 2.02. The number of hydrogen-bond donors (Lipinski definition) is 1. The van der Waals surface area contributed by atoms with Crippen molar-refractivity contribution in [1.29, 1.82) is 0 Å². The molecule has 2 aromatic rings. The van der Waals surface area contributed by atoms with Crippen LogP contribution in [0.3, 0.4) is 0 Å². The Hall–Kier alpha value is -1.55. The van der Waals surface area contributed by atoms with Crippen LogP contribution < -0.4 is 4.74 Å². The molecule has 0 radical (unpaired) electrons. The number of phenols is 1. The van der Waals surface area contributed by atoms with E-state index >= 15 is 0 Å². The van der Waals surface area contributed by atoms with Crippen LogP contribution in [0.2, 0.25) is 0 Å². The average molecular weight is 311 g/mol. The van der Waals surface area contributed by atoms with E-state index in [-0.39, 0.29) is 11.6 Å². The van der Waals surface area contributed by atoms with Gasteiger partial charge in [0, 0.05) is 15.6 Å². The van der Waals surface area contributed by atoms with Gasteiger partial charge in [-0.2, -0.15) is 0 Å². The number of aromatic hydroxyl groups is 1. The van der Waals surface area contributed by atoms with E-state index in [1.165, 1.54) is 12.1 Å². The lowest BCUT2D eigenvalue weighted by atomic mass is 10.2. The van der Waals surface area contributed by atoms with Crippen molar-refractivity contribution in [3.8, 4) is 11.5 Å². The second kappa shape index (κ2) is 5.40. The normalized spacial score (nSPS) is 10.4. The molecule has 0 aliphatic heterocycles. The first kappa shape index (κ1) is 12.9. The molecule has 1 N–H and O–H groups in total. The first-order chi connectivity index (χ1) is 8.58. The van der Waals surface area contributed by atoms with Crippen LogP contribution in [0, 0.1) is 12.7 Å². The zero-order valence-electron chi connectivity index (χ0n) is 9.78. The van der Waals surface area contributed by atoms with Gasteiger partial charge in [-0.05, 0) is 31.2 Å². The van der Waals surface area contributed by atoms with Gasteiger partial charge in [-0.25, -0.2) is 4.39 Å². The molecule has 0 aliphatic rings. The molecule has 2 rings (SSSR count). The first-order valence-electron chi connectivity index (χ1n) is 5.43. The van der Waals surface area contributed by atoms with E-state index in [2.05, 4.69) is 15.9 Å². The highest BCUT2D eigenvalue weighted by Crippen LogP contribution is 2.27. The Labute approximate surface area is 113 Å². The van der Waals surface area contributed by atoms with Crippen molar-refractivity contribution in [1.82, 2.24) is 0 Å². The van der Waals surface area contributed by atoms with Gasteiger partial charge in [-0.15, -0.1) is 0 Å². The van der Waals surface area contributed by atoms with E-state index in [4.69, 9.17) is 4.74 Å². The minimum Gasteiger partial charge on any atom is -0.508 e. The summed E-state index contributed by atoms with van der Waals surface area (Å²) in [6.45, 7) is 2.09. The molecular formula is C14H12BrFO2. The van der Waals surface area contributed by atoms with Gasteiger partial charge >= 0.3 is 0 Å². The summed E-state index contributed by atoms with van der Waals surface area (Å²) in [4.78, 5) is 0. The lowest BCUT2D eigenvalue weighted by molar-refractivity contribution is 0.301. The second-order valence-corrected chi connectivity index (χ2v) is 4.78. The van der Waals surface area contributed by atoms with Crippen LogP contribution in [0.4, 0.5) is 4.39 Å². The molecule has 4 heteroatoms. The van der Waals surface area contributed by atoms with Crippen molar-refractivity contribution in [2.24, 2.45) is 0 Å². The lowest BCUT2D eigenvalue weighted by Crippen LogP contribution is -1.98. The number of ether oxygens (including phenoxy) is 1. The smallest absolute Gasteiger partial charge is 0.126 e. The Balaban J connectivity index is 2.14. The van der Waals surface area contributed by atoms with E-state index in [9.17, 15) is 9.50 Å². The Morgan fingerprint density at radius 3 is 2.78 bits per heavy atom. The molecule has 0 spiro atoms. The van der Waals surface area contributed by atoms with Gasteiger partial charge in [0.15, 0.2) is 0 Å². The second-order valence-electron chi connectivity index (χ2n) is 3.92. The average Bonchev–Trinajstić information content (AvgIpc) is 2.33. The highest BCUT2D eigenvalue weighted by molar-refractivity contribution is 9.10. The molecule has 0 unspecified atom stereocenters. The molecule has 2 aromatic carbocycles. The molecule has 0 saturated carbocycles. The molecule has 0 aromatic heterocycles. The van der Waals surface area contributed by atoms with E-state index in [1.54, 1.807) is 31.2 Å². The zero-order chi connectivity index (χ0) is 13.1. The number of halogens is 2. The van der Waals surface area contributed by atoms with Crippen LogP contribution in [-0.2, 0) is 6.61 Å². The first-order valence-corrected chi connectivity index (χ1v) is 6.22. The highest BCUT2D eigenvalue weighted by Gasteiger charge is 2.06. The summed E-state index contributed by atoms with van der Waals surface area (Å²) in [6, 6.07) is 9.56. The van der Waals surface area contributed by atoms with Gasteiger partial charge in [0.2, 0.25) is 0 Å². The third kappa shape index (κ3) is 2.82. The Morgan fingerprint density at radius 1 is 1.28 bits per heavy atom. The molecular weight excluding hydrogens is 299 g/mol. The summed E-state index contributed by atoms with van der Waals surface area (Å²) in [5.41, 5.74) is 1.54. The molecule has 94 valence electrons. The van der Waals surface area contributed by atoms with Gasteiger partial charge in [-0.3, -0.25) is 0 Å². The fraction of sp³-hybridized carbons (Fsp3) is 0.143. The Bertz CT molecular complexity index is 570. The highest BCUT2D eigenvalue weighted by atomic mass is 79.9. The number of benzene rings is 2. The van der Waals surface area contributed by atoms with Crippen LogP contribution in [0.1, 0.15) is 11.1 Å². The van der Waals surface area contributed by atoms with Gasteiger partial charge in [-0.1, -0.05) is 28.1 Å². The van der Waals surface area contributed by atoms with Crippen molar-refractivity contribution < 1.29 is 14.2 Å².